The number of imidazole rings is 1. The SMILES string of the molecule is CCOC(=O)Cn1c(=N)n(/N=C/c2ccc([N+](=O)[O-])o2)c2ccccc21.Cl. The lowest BCUT2D eigenvalue weighted by Gasteiger charge is -2.03. The fourth-order valence-corrected chi connectivity index (χ4v) is 2.45. The summed E-state index contributed by atoms with van der Waals surface area (Å²) >= 11 is 0. The van der Waals surface area contributed by atoms with Crippen molar-refractivity contribution >= 4 is 41.5 Å². The van der Waals surface area contributed by atoms with Gasteiger partial charge in [-0.25, -0.2) is 0 Å². The quantitative estimate of drug-likeness (QED) is 0.297. The highest BCUT2D eigenvalue weighted by molar-refractivity contribution is 5.85. The van der Waals surface area contributed by atoms with Gasteiger partial charge in [0.15, 0.2) is 5.76 Å². The number of nitrogens with one attached hydrogen (secondary N) is 1. The van der Waals surface area contributed by atoms with Gasteiger partial charge >= 0.3 is 11.9 Å². The van der Waals surface area contributed by atoms with Gasteiger partial charge in [-0.3, -0.25) is 24.9 Å². The van der Waals surface area contributed by atoms with Crippen molar-refractivity contribution in [3.05, 3.63) is 57.9 Å². The number of carbonyl (C=O) groups excluding carboxylic acids is 1. The highest BCUT2D eigenvalue weighted by atomic mass is 35.5. The molecule has 0 saturated carbocycles. The Morgan fingerprint density at radius 2 is 2.04 bits per heavy atom. The third kappa shape index (κ3) is 4.06. The fourth-order valence-electron chi connectivity index (χ4n) is 2.45. The molecule has 3 aromatic rings. The molecule has 0 amide bonds. The summed E-state index contributed by atoms with van der Waals surface area (Å²) in [5.41, 5.74) is 1.18. The largest absolute Gasteiger partial charge is 0.465 e. The highest BCUT2D eigenvalue weighted by Crippen LogP contribution is 2.15. The molecule has 1 aromatic carbocycles. The number of carbonyl (C=O) groups is 1. The molecule has 0 aliphatic heterocycles. The highest BCUT2D eigenvalue weighted by Gasteiger charge is 2.14. The number of halogens is 1. The van der Waals surface area contributed by atoms with Gasteiger partial charge in [-0.05, 0) is 25.1 Å². The predicted molar refractivity (Wildman–Crippen MR) is 98.0 cm³/mol. The molecular weight excluding hydrogens is 378 g/mol. The van der Waals surface area contributed by atoms with Crippen LogP contribution in [0.3, 0.4) is 0 Å². The number of hydrogen-bond acceptors (Lipinski definition) is 7. The number of nitrogens with zero attached hydrogens (tertiary/aromatic N) is 4. The minimum atomic E-state index is -0.647. The third-order valence-corrected chi connectivity index (χ3v) is 3.54. The van der Waals surface area contributed by atoms with E-state index in [0.717, 1.165) is 0 Å². The van der Waals surface area contributed by atoms with Gasteiger partial charge in [0.2, 0.25) is 5.62 Å². The summed E-state index contributed by atoms with van der Waals surface area (Å²) in [7, 11) is 0. The molecule has 0 aliphatic rings. The first-order valence-corrected chi connectivity index (χ1v) is 7.70. The molecule has 27 heavy (non-hydrogen) atoms. The average Bonchev–Trinajstić information content (AvgIpc) is 3.18. The number of nitro groups is 1. The summed E-state index contributed by atoms with van der Waals surface area (Å²) in [5, 5.41) is 23.1. The van der Waals surface area contributed by atoms with Gasteiger partial charge in [0.25, 0.3) is 0 Å². The second kappa shape index (κ2) is 8.32. The molecule has 0 fully saturated rings. The normalized spacial score (nSPS) is 10.9. The number of ether oxygens (including phenoxy) is 1. The number of para-hydroxylation sites is 2. The van der Waals surface area contributed by atoms with Crippen molar-refractivity contribution in [3.8, 4) is 0 Å². The Morgan fingerprint density at radius 1 is 1.33 bits per heavy atom. The number of esters is 1. The van der Waals surface area contributed by atoms with Gasteiger partial charge in [-0.15, -0.1) is 12.4 Å². The molecule has 142 valence electrons. The van der Waals surface area contributed by atoms with E-state index < -0.39 is 16.8 Å². The first-order valence-electron chi connectivity index (χ1n) is 7.70. The molecule has 2 heterocycles. The molecule has 0 aliphatic carbocycles. The van der Waals surface area contributed by atoms with Crippen LogP contribution in [0.5, 0.6) is 0 Å². The summed E-state index contributed by atoms with van der Waals surface area (Å²) < 4.78 is 12.7. The summed E-state index contributed by atoms with van der Waals surface area (Å²) in [6.07, 6.45) is 1.27. The van der Waals surface area contributed by atoms with Gasteiger partial charge in [-0.1, -0.05) is 12.1 Å². The van der Waals surface area contributed by atoms with E-state index in [1.807, 2.05) is 0 Å². The topological polar surface area (TPSA) is 129 Å². The van der Waals surface area contributed by atoms with E-state index >= 15 is 0 Å². The van der Waals surface area contributed by atoms with Crippen LogP contribution in [0, 0.1) is 15.5 Å². The van der Waals surface area contributed by atoms with Crippen LogP contribution in [0.4, 0.5) is 5.88 Å². The molecule has 0 unspecified atom stereocenters. The van der Waals surface area contributed by atoms with Crippen molar-refractivity contribution in [2.75, 3.05) is 6.61 Å². The molecule has 0 atom stereocenters. The number of furan rings is 1. The minimum Gasteiger partial charge on any atom is -0.465 e. The molecule has 0 bridgehead atoms. The Labute approximate surface area is 158 Å². The van der Waals surface area contributed by atoms with E-state index in [9.17, 15) is 14.9 Å². The van der Waals surface area contributed by atoms with Crippen LogP contribution in [0.25, 0.3) is 11.0 Å². The summed E-state index contributed by atoms with van der Waals surface area (Å²) in [6, 6.07) is 9.70. The van der Waals surface area contributed by atoms with Crippen LogP contribution in [0.1, 0.15) is 12.7 Å². The monoisotopic (exact) mass is 393 g/mol. The van der Waals surface area contributed by atoms with Crippen molar-refractivity contribution in [1.82, 2.24) is 9.24 Å². The maximum atomic E-state index is 11.8. The second-order valence-electron chi connectivity index (χ2n) is 5.19. The van der Waals surface area contributed by atoms with Crippen LogP contribution in [0.15, 0.2) is 45.9 Å². The Balaban J connectivity index is 0.00000261. The van der Waals surface area contributed by atoms with E-state index in [1.165, 1.54) is 27.6 Å². The average molecular weight is 394 g/mol. The van der Waals surface area contributed by atoms with Gasteiger partial charge < -0.3 is 9.15 Å². The van der Waals surface area contributed by atoms with E-state index in [1.54, 1.807) is 31.2 Å². The first kappa shape index (κ1) is 19.9. The van der Waals surface area contributed by atoms with Gasteiger partial charge in [0, 0.05) is 0 Å². The lowest BCUT2D eigenvalue weighted by Crippen LogP contribution is -2.26. The third-order valence-electron chi connectivity index (χ3n) is 3.54. The Hall–Kier alpha value is -3.40. The number of rotatable bonds is 6. The predicted octanol–water partition coefficient (Wildman–Crippen LogP) is 2.29. The summed E-state index contributed by atoms with van der Waals surface area (Å²) in [5.74, 6) is -0.683. The van der Waals surface area contributed by atoms with Crippen molar-refractivity contribution in [1.29, 1.82) is 5.41 Å². The number of hydrogen-bond donors (Lipinski definition) is 1. The molecular formula is C16H16ClN5O5. The smallest absolute Gasteiger partial charge is 0.433 e. The standard InChI is InChI=1S/C16H15N5O5.ClH/c1-2-25-15(22)10-19-12-5-3-4-6-13(12)20(16(19)17)18-9-11-7-8-14(26-11)21(23)24;/h3-9,17H,2,10H2,1H3;1H/b17-16?,18-9+;. The van der Waals surface area contributed by atoms with Crippen molar-refractivity contribution in [3.63, 3.8) is 0 Å². The molecule has 2 aromatic heterocycles. The Bertz CT molecular complexity index is 1060. The zero-order valence-corrected chi connectivity index (χ0v) is 15.0. The van der Waals surface area contributed by atoms with Crippen LogP contribution in [-0.4, -0.2) is 33.0 Å². The van der Waals surface area contributed by atoms with Gasteiger partial charge in [0.1, 0.15) is 11.5 Å². The fraction of sp³-hybridized carbons (Fsp3) is 0.188. The minimum absolute atomic E-state index is 0. The Morgan fingerprint density at radius 3 is 2.67 bits per heavy atom. The van der Waals surface area contributed by atoms with E-state index in [-0.39, 0.29) is 36.9 Å². The number of fused-ring (bicyclic) bond motifs is 1. The molecule has 0 saturated heterocycles. The van der Waals surface area contributed by atoms with Crippen LogP contribution in [-0.2, 0) is 16.1 Å². The van der Waals surface area contributed by atoms with Crippen LogP contribution >= 0.6 is 12.4 Å². The number of benzene rings is 1. The molecule has 0 radical (unpaired) electrons. The van der Waals surface area contributed by atoms with Crippen LogP contribution in [0.2, 0.25) is 0 Å². The second-order valence-corrected chi connectivity index (χ2v) is 5.19. The van der Waals surface area contributed by atoms with E-state index in [0.29, 0.717) is 11.0 Å². The molecule has 3 rings (SSSR count). The zero-order chi connectivity index (χ0) is 18.7. The maximum absolute atomic E-state index is 11.8. The molecule has 10 nitrogen and oxygen atoms in total. The van der Waals surface area contributed by atoms with Crippen molar-refractivity contribution in [2.24, 2.45) is 5.10 Å². The van der Waals surface area contributed by atoms with Gasteiger partial charge in [-0.2, -0.15) is 9.78 Å². The zero-order valence-electron chi connectivity index (χ0n) is 14.2. The van der Waals surface area contributed by atoms with Gasteiger partial charge in [0.05, 0.1) is 29.9 Å². The summed E-state index contributed by atoms with van der Waals surface area (Å²) in [4.78, 5) is 21.8. The van der Waals surface area contributed by atoms with E-state index in [4.69, 9.17) is 14.6 Å². The Kier molecular flexibility index (Phi) is 6.14. The molecule has 0 spiro atoms. The molecule has 11 heteroatoms. The lowest BCUT2D eigenvalue weighted by molar-refractivity contribution is -0.402. The number of aromatic nitrogens is 2. The van der Waals surface area contributed by atoms with E-state index in [2.05, 4.69) is 5.10 Å². The first-order chi connectivity index (χ1) is 12.5. The maximum Gasteiger partial charge on any atom is 0.433 e. The molecule has 1 N–H and O–H groups in total. The van der Waals surface area contributed by atoms with Crippen LogP contribution < -0.4 is 5.62 Å². The summed E-state index contributed by atoms with van der Waals surface area (Å²) in [6.45, 7) is 1.84. The van der Waals surface area contributed by atoms with Crippen molar-refractivity contribution < 1.29 is 18.9 Å². The van der Waals surface area contributed by atoms with Crippen molar-refractivity contribution in [2.45, 2.75) is 13.5 Å². The lowest BCUT2D eigenvalue weighted by atomic mass is 10.3.